The highest BCUT2D eigenvalue weighted by molar-refractivity contribution is 6.03. The number of esters is 2. The summed E-state index contributed by atoms with van der Waals surface area (Å²) in [5, 5.41) is 26.7. The number of hydrogen-bond acceptors (Lipinski definition) is 14. The van der Waals surface area contributed by atoms with E-state index >= 15 is 0 Å². The van der Waals surface area contributed by atoms with Crippen molar-refractivity contribution in [1.29, 1.82) is 0 Å². The Bertz CT molecular complexity index is 3010. The maximum atomic E-state index is 13.9. The molecular weight excluding hydrogens is 809 g/mol. The summed E-state index contributed by atoms with van der Waals surface area (Å²) in [4.78, 5) is 50.2. The number of benzene rings is 4. The van der Waals surface area contributed by atoms with E-state index in [0.29, 0.717) is 39.7 Å². The minimum atomic E-state index is -1.93. The molecule has 5 atom stereocenters. The molecule has 318 valence electrons. The maximum absolute atomic E-state index is 13.9. The molecule has 0 amide bonds. The van der Waals surface area contributed by atoms with Gasteiger partial charge in [0, 0.05) is 45.8 Å². The molecule has 0 bridgehead atoms. The number of methoxy groups -OCH3 is 2. The second-order valence-corrected chi connectivity index (χ2v) is 16.3. The number of fused-ring (bicyclic) bond motifs is 8. The number of cyclic esters (lactones) is 2. The lowest BCUT2D eigenvalue weighted by molar-refractivity contribution is -0.172. The number of carbonyl (C=O) groups is 2. The molecule has 2 unspecified atom stereocenters. The summed E-state index contributed by atoms with van der Waals surface area (Å²) >= 11 is 0. The summed E-state index contributed by atoms with van der Waals surface area (Å²) in [5.41, 5.74) is 5.58. The van der Waals surface area contributed by atoms with Crippen LogP contribution in [0, 0.1) is 11.8 Å². The number of aliphatic imine (C=N–C) groups is 1. The maximum Gasteiger partial charge on any atom is 0.343 e. The van der Waals surface area contributed by atoms with E-state index in [1.54, 1.807) is 35.9 Å². The molecular formula is C48H40N4O11. The topological polar surface area (TPSA) is 189 Å². The van der Waals surface area contributed by atoms with Crippen LogP contribution in [-0.2, 0) is 37.8 Å². The van der Waals surface area contributed by atoms with Crippen LogP contribution in [0.5, 0.6) is 28.7 Å². The van der Waals surface area contributed by atoms with Crippen molar-refractivity contribution in [2.24, 2.45) is 16.8 Å². The van der Waals surface area contributed by atoms with Crippen LogP contribution in [0.25, 0.3) is 22.3 Å². The Morgan fingerprint density at radius 3 is 2.38 bits per heavy atom. The van der Waals surface area contributed by atoms with E-state index in [9.17, 15) is 24.6 Å². The first-order valence-electron chi connectivity index (χ1n) is 20.6. The lowest BCUT2D eigenvalue weighted by atomic mass is 9.65. The summed E-state index contributed by atoms with van der Waals surface area (Å²) < 4.78 is 35.3. The van der Waals surface area contributed by atoms with Crippen molar-refractivity contribution in [3.8, 4) is 40.1 Å². The van der Waals surface area contributed by atoms with E-state index in [1.807, 2.05) is 60.7 Å². The van der Waals surface area contributed by atoms with Crippen molar-refractivity contribution in [3.63, 3.8) is 0 Å². The van der Waals surface area contributed by atoms with Crippen LogP contribution in [0.1, 0.15) is 64.2 Å². The Kier molecular flexibility index (Phi) is 8.77. The molecule has 1 fully saturated rings. The highest BCUT2D eigenvalue weighted by Gasteiger charge is 2.53. The predicted octanol–water partition coefficient (Wildman–Crippen LogP) is 6.37. The quantitative estimate of drug-likeness (QED) is 0.113. The van der Waals surface area contributed by atoms with E-state index in [1.165, 1.54) is 14.2 Å². The molecule has 6 heterocycles. The molecule has 6 aromatic rings. The number of phenols is 1. The number of pyridine rings is 2. The highest BCUT2D eigenvalue weighted by atomic mass is 16.7. The van der Waals surface area contributed by atoms with Gasteiger partial charge in [0.1, 0.15) is 6.61 Å². The van der Waals surface area contributed by atoms with Crippen molar-refractivity contribution >= 4 is 40.4 Å². The minimum Gasteiger partial charge on any atom is -0.502 e. The molecule has 11 rings (SSSR count). The number of hydrogen-bond donors (Lipinski definition) is 3. The zero-order valence-corrected chi connectivity index (χ0v) is 34.3. The first-order valence-corrected chi connectivity index (χ1v) is 20.6. The van der Waals surface area contributed by atoms with Crippen LogP contribution in [-0.4, -0.2) is 65.5 Å². The van der Waals surface area contributed by atoms with Gasteiger partial charge in [-0.2, -0.15) is 0 Å². The predicted molar refractivity (Wildman–Crippen MR) is 228 cm³/mol. The van der Waals surface area contributed by atoms with Crippen molar-refractivity contribution in [2.45, 2.75) is 44.1 Å². The third-order valence-corrected chi connectivity index (χ3v) is 13.2. The molecule has 0 radical (unpaired) electrons. The number of carbonyl (C=O) groups excluding carboxylic acids is 2. The third kappa shape index (κ3) is 5.79. The van der Waals surface area contributed by atoms with Gasteiger partial charge in [0.15, 0.2) is 28.6 Å². The third-order valence-electron chi connectivity index (χ3n) is 13.2. The van der Waals surface area contributed by atoms with Gasteiger partial charge < -0.3 is 48.5 Å². The van der Waals surface area contributed by atoms with Gasteiger partial charge in [0.05, 0.1) is 67.5 Å². The van der Waals surface area contributed by atoms with Crippen molar-refractivity contribution in [3.05, 3.63) is 128 Å². The van der Waals surface area contributed by atoms with E-state index in [-0.39, 0.29) is 84.8 Å². The number of ether oxygens (including phenoxy) is 6. The van der Waals surface area contributed by atoms with Crippen LogP contribution in [0.2, 0.25) is 0 Å². The summed E-state index contributed by atoms with van der Waals surface area (Å²) in [6.45, 7) is 1.96. The minimum absolute atomic E-state index is 0.0503. The average molecular weight is 849 g/mol. The molecule has 2 aromatic heterocycles. The summed E-state index contributed by atoms with van der Waals surface area (Å²) in [5.74, 6) is -0.978. The van der Waals surface area contributed by atoms with Crippen LogP contribution in [0.15, 0.2) is 88.6 Å². The Hall–Kier alpha value is -7.39. The fourth-order valence-corrected chi connectivity index (χ4v) is 10.0. The van der Waals surface area contributed by atoms with Crippen molar-refractivity contribution in [1.82, 2.24) is 9.55 Å². The van der Waals surface area contributed by atoms with Gasteiger partial charge in [-0.15, -0.1) is 0 Å². The number of rotatable bonds is 8. The normalized spacial score (nSPS) is 22.5. The molecule has 0 spiro atoms. The number of nitrogens with one attached hydrogen (secondary N) is 1. The first kappa shape index (κ1) is 38.5. The highest BCUT2D eigenvalue weighted by Crippen LogP contribution is 2.56. The second kappa shape index (κ2) is 14.3. The standard InChI is InChI=1S/C48H40N4O11/c1-4-48(57)33-17-35-43-30(19-52(35)45(54)31(33)20-61-47(48)56)29(26-7-5-6-8-34(26)51-43)18-49-24-9-11-25(12-10-24)50-42-28-16-37-36(62-22-63-37)15-27(28)40(41-32(42)21-60-46(41)55)23-13-38(58-2)44(53)39(14-23)59-3/h5-18,32,40-42,50,53,57H,4,19-22H2,1-3H3/t32-,40+,41-,42?,48?/m0/s1. The van der Waals surface area contributed by atoms with E-state index < -0.39 is 23.4 Å². The van der Waals surface area contributed by atoms with Gasteiger partial charge in [0.25, 0.3) is 5.56 Å². The largest absolute Gasteiger partial charge is 0.502 e. The molecule has 4 aromatic carbocycles. The zero-order valence-electron chi connectivity index (χ0n) is 34.3. The van der Waals surface area contributed by atoms with Gasteiger partial charge >= 0.3 is 11.9 Å². The molecule has 0 saturated carbocycles. The molecule has 5 aliphatic rings. The van der Waals surface area contributed by atoms with Crippen LogP contribution in [0.3, 0.4) is 0 Å². The number of aromatic nitrogens is 2. The van der Waals surface area contributed by atoms with E-state index in [2.05, 4.69) is 5.32 Å². The molecule has 15 heteroatoms. The van der Waals surface area contributed by atoms with Gasteiger partial charge in [-0.1, -0.05) is 25.1 Å². The van der Waals surface area contributed by atoms with E-state index in [0.717, 1.165) is 33.3 Å². The smallest absolute Gasteiger partial charge is 0.343 e. The lowest BCUT2D eigenvalue weighted by Crippen LogP contribution is -2.44. The number of anilines is 1. The Morgan fingerprint density at radius 2 is 1.65 bits per heavy atom. The number of phenolic OH excluding ortho intramolecular Hbond substituents is 1. The molecule has 4 aliphatic heterocycles. The van der Waals surface area contributed by atoms with Gasteiger partial charge in [-0.3, -0.25) is 14.6 Å². The lowest BCUT2D eigenvalue weighted by Gasteiger charge is -2.40. The number of aliphatic hydroxyl groups is 1. The summed E-state index contributed by atoms with van der Waals surface area (Å²) in [7, 11) is 2.93. The monoisotopic (exact) mass is 848 g/mol. The number of nitrogens with zero attached hydrogens (tertiary/aromatic N) is 3. The first-order chi connectivity index (χ1) is 30.6. The fraction of sp³-hybridized carbons (Fsp3) is 0.271. The molecule has 1 aliphatic carbocycles. The average Bonchev–Trinajstić information content (AvgIpc) is 4.03. The fourth-order valence-electron chi connectivity index (χ4n) is 10.0. The van der Waals surface area contributed by atoms with Crippen LogP contribution < -0.4 is 29.8 Å². The Balaban J connectivity index is 0.938. The van der Waals surface area contributed by atoms with Gasteiger partial charge in [-0.05, 0) is 83.8 Å². The number of aromatic hydroxyl groups is 1. The summed E-state index contributed by atoms with van der Waals surface area (Å²) in [6.07, 6.45) is 1.84. The van der Waals surface area contributed by atoms with Crippen LogP contribution >= 0.6 is 0 Å². The van der Waals surface area contributed by atoms with E-state index in [4.69, 9.17) is 38.4 Å². The Labute approximate surface area is 359 Å². The van der Waals surface area contributed by atoms with Crippen LogP contribution in [0.4, 0.5) is 11.4 Å². The van der Waals surface area contributed by atoms with Crippen molar-refractivity contribution < 1.29 is 48.2 Å². The molecule has 63 heavy (non-hydrogen) atoms. The second-order valence-electron chi connectivity index (χ2n) is 16.3. The summed E-state index contributed by atoms with van der Waals surface area (Å²) in [6, 6.07) is 24.0. The van der Waals surface area contributed by atoms with Crippen molar-refractivity contribution in [2.75, 3.05) is 32.9 Å². The molecule has 3 N–H and O–H groups in total. The SMILES string of the molecule is CCC1(O)C(=O)OCc2c1cc1n(c2=O)Cc2c-1nc1ccccc1c2C=Nc1ccc(NC2c3cc4c(cc3[C@@H](c3cc(OC)c(O)c(OC)c3)[C@H]3C(=O)OC[C@H]23)OCO4)cc1. The number of para-hydroxylation sites is 1. The van der Waals surface area contributed by atoms with Gasteiger partial charge in [0.2, 0.25) is 12.5 Å². The van der Waals surface area contributed by atoms with Gasteiger partial charge in [-0.25, -0.2) is 9.78 Å². The Morgan fingerprint density at radius 1 is 0.921 bits per heavy atom. The molecule has 1 saturated heterocycles. The zero-order chi connectivity index (χ0) is 43.3. The molecule has 15 nitrogen and oxygen atoms in total.